The van der Waals surface area contributed by atoms with Gasteiger partial charge in [-0.2, -0.15) is 0 Å². The van der Waals surface area contributed by atoms with E-state index >= 15 is 0 Å². The standard InChI is InChI=1S/H3N2O2P/c1-5-3-2-4-5/h2H,1H2. The molecule has 0 bridgehead atoms. The molecule has 0 unspecified atom stereocenters. The zero-order valence-corrected chi connectivity index (χ0v) is 3.24. The topological polar surface area (TPSA) is 56.5 Å². The first kappa shape index (κ1) is 3.46. The smallest absolute Gasteiger partial charge is 0.262 e. The van der Waals surface area contributed by atoms with Gasteiger partial charge in [0.15, 0.2) is 0 Å². The predicted molar refractivity (Wildman–Crippen MR) is 16.4 cm³/mol. The van der Waals surface area contributed by atoms with Gasteiger partial charge in [-0.05, 0) is 0 Å². The van der Waals surface area contributed by atoms with Gasteiger partial charge in [0.2, 0.25) is 0 Å². The Kier molecular flexibility index (Phi) is 0.804. The Balaban J connectivity index is 2.08. The van der Waals surface area contributed by atoms with E-state index in [1.165, 1.54) is 0 Å². The lowest BCUT2D eigenvalue weighted by Crippen LogP contribution is -2.24. The van der Waals surface area contributed by atoms with Gasteiger partial charge < -0.3 is 0 Å². The highest BCUT2D eigenvalue weighted by Gasteiger charge is 2.13. The van der Waals surface area contributed by atoms with Crippen molar-refractivity contribution in [3.8, 4) is 0 Å². The van der Waals surface area contributed by atoms with E-state index in [9.17, 15) is 0 Å². The summed E-state index contributed by atoms with van der Waals surface area (Å²) in [7, 11) is -1.03. The second-order valence-electron chi connectivity index (χ2n) is 0.551. The van der Waals surface area contributed by atoms with Crippen LogP contribution in [0.15, 0.2) is 0 Å². The molecule has 5 heavy (non-hydrogen) atoms. The van der Waals surface area contributed by atoms with Crippen molar-refractivity contribution >= 4 is 8.53 Å². The van der Waals surface area contributed by atoms with E-state index < -0.39 is 8.53 Å². The highest BCUT2D eigenvalue weighted by Crippen LogP contribution is 2.32. The lowest BCUT2D eigenvalue weighted by atomic mass is 13.2. The number of nitrogens with two attached hydrogens (primary N) is 1. The Morgan fingerprint density at radius 1 is 1.60 bits per heavy atom. The van der Waals surface area contributed by atoms with E-state index in [1.54, 1.807) is 0 Å². The zero-order chi connectivity index (χ0) is 3.70. The van der Waals surface area contributed by atoms with Crippen molar-refractivity contribution in [2.45, 2.75) is 0 Å². The number of rotatable bonds is 0. The second-order valence-corrected chi connectivity index (χ2v) is 1.49. The molecule has 1 rings (SSSR count). The molecule has 3 N–H and O–H groups in total. The maximum atomic E-state index is 4.94. The minimum atomic E-state index is -1.03. The molecular formula is H3N2O2P. The van der Waals surface area contributed by atoms with Crippen LogP contribution < -0.4 is 11.1 Å². The predicted octanol–water partition coefficient (Wildman–Crippen LogP) is -0.362. The van der Waals surface area contributed by atoms with Gasteiger partial charge in [-0.1, -0.05) is 5.64 Å². The van der Waals surface area contributed by atoms with Crippen LogP contribution in [0.1, 0.15) is 0 Å². The summed E-state index contributed by atoms with van der Waals surface area (Å²) in [4.78, 5) is 0. The van der Waals surface area contributed by atoms with E-state index in [-0.39, 0.29) is 0 Å². The Morgan fingerprint density at radius 2 is 2.00 bits per heavy atom. The van der Waals surface area contributed by atoms with Crippen LogP contribution in [0.5, 0.6) is 0 Å². The molecule has 0 aliphatic carbocycles. The highest BCUT2D eigenvalue weighted by atomic mass is 31.2. The lowest BCUT2D eigenvalue weighted by Gasteiger charge is -2.18. The third-order valence-corrected chi connectivity index (χ3v) is 0.763. The number of hydrogen-bond acceptors (Lipinski definition) is 4. The summed E-state index contributed by atoms with van der Waals surface area (Å²) in [6, 6.07) is 0. The van der Waals surface area contributed by atoms with Crippen LogP contribution in [0.25, 0.3) is 0 Å². The van der Waals surface area contributed by atoms with Crippen LogP contribution in [-0.2, 0) is 9.25 Å². The van der Waals surface area contributed by atoms with Gasteiger partial charge >= 0.3 is 0 Å². The lowest BCUT2D eigenvalue weighted by molar-refractivity contribution is -0.0977. The molecule has 0 saturated carbocycles. The summed E-state index contributed by atoms with van der Waals surface area (Å²) in [5.74, 6) is 0. The van der Waals surface area contributed by atoms with Crippen molar-refractivity contribution in [3.05, 3.63) is 0 Å². The maximum Gasteiger partial charge on any atom is 0.293 e. The largest absolute Gasteiger partial charge is 0.293 e. The monoisotopic (exact) mass is 94.0 g/mol. The van der Waals surface area contributed by atoms with Gasteiger partial charge in [-0.3, -0.25) is 5.50 Å². The molecule has 1 aliphatic heterocycles. The first-order valence-electron chi connectivity index (χ1n) is 1.03. The van der Waals surface area contributed by atoms with Crippen molar-refractivity contribution < 1.29 is 9.25 Å². The van der Waals surface area contributed by atoms with Gasteiger partial charge in [0, 0.05) is 0 Å². The van der Waals surface area contributed by atoms with Crippen molar-refractivity contribution in [1.29, 1.82) is 0 Å². The van der Waals surface area contributed by atoms with E-state index in [1.807, 2.05) is 0 Å². The SMILES string of the molecule is NP1ONO1. The van der Waals surface area contributed by atoms with E-state index in [2.05, 4.69) is 14.9 Å². The molecule has 0 atom stereocenters. The molecule has 0 radical (unpaired) electrons. The Morgan fingerprint density at radius 3 is 2.00 bits per heavy atom. The molecule has 0 amide bonds. The molecule has 1 saturated heterocycles. The van der Waals surface area contributed by atoms with Gasteiger partial charge in [-0.15, -0.1) is 0 Å². The molecule has 5 heteroatoms. The summed E-state index contributed by atoms with van der Waals surface area (Å²) in [6.45, 7) is 0. The summed E-state index contributed by atoms with van der Waals surface area (Å²) in [5, 5.41) is 0. The molecule has 4 nitrogen and oxygen atoms in total. The van der Waals surface area contributed by atoms with E-state index in [4.69, 9.17) is 5.50 Å². The third-order valence-electron chi connectivity index (χ3n) is 0.254. The minimum Gasteiger partial charge on any atom is -0.262 e. The molecular weight excluding hydrogens is 91.0 g/mol. The van der Waals surface area contributed by atoms with Gasteiger partial charge in [0.25, 0.3) is 8.53 Å². The average Bonchev–Trinajstić information content (AvgIpc) is 1.30. The third kappa shape index (κ3) is 0.560. The fourth-order valence-corrected chi connectivity index (χ4v) is 0.241. The Bertz CT molecular complexity index is 34.6. The first-order valence-corrected chi connectivity index (χ1v) is 2.28. The highest BCUT2D eigenvalue weighted by molar-refractivity contribution is 7.45. The van der Waals surface area contributed by atoms with Crippen molar-refractivity contribution in [2.75, 3.05) is 0 Å². The van der Waals surface area contributed by atoms with Gasteiger partial charge in [-0.25, -0.2) is 9.25 Å². The van der Waals surface area contributed by atoms with Crippen LogP contribution in [0.2, 0.25) is 0 Å². The first-order chi connectivity index (χ1) is 2.39. The van der Waals surface area contributed by atoms with Gasteiger partial charge in [0.1, 0.15) is 0 Å². The van der Waals surface area contributed by atoms with Gasteiger partial charge in [0.05, 0.1) is 0 Å². The number of nitrogens with one attached hydrogen (secondary N) is 1. The molecule has 0 spiro atoms. The summed E-state index contributed by atoms with van der Waals surface area (Å²) < 4.78 is 8.60. The van der Waals surface area contributed by atoms with Crippen LogP contribution >= 0.6 is 8.53 Å². The van der Waals surface area contributed by atoms with Crippen LogP contribution in [0, 0.1) is 0 Å². The maximum absolute atomic E-state index is 4.94. The van der Waals surface area contributed by atoms with E-state index in [0.29, 0.717) is 0 Å². The van der Waals surface area contributed by atoms with Crippen LogP contribution in [-0.4, -0.2) is 0 Å². The van der Waals surface area contributed by atoms with Crippen molar-refractivity contribution in [1.82, 2.24) is 5.64 Å². The summed E-state index contributed by atoms with van der Waals surface area (Å²) >= 11 is 0. The zero-order valence-electron chi connectivity index (χ0n) is 2.34. The molecule has 30 valence electrons. The Hall–Kier alpha value is 0.270. The summed E-state index contributed by atoms with van der Waals surface area (Å²) in [6.07, 6.45) is 0. The minimum absolute atomic E-state index is 1.03. The normalized spacial score (nSPS) is 25.8. The molecule has 0 aromatic heterocycles. The average molecular weight is 94.0 g/mol. The fourth-order valence-electron chi connectivity index (χ4n) is 0.0803. The molecule has 1 heterocycles. The van der Waals surface area contributed by atoms with Crippen molar-refractivity contribution in [3.63, 3.8) is 0 Å². The molecule has 1 aliphatic rings. The molecule has 0 aromatic carbocycles. The quantitative estimate of drug-likeness (QED) is 0.402. The summed E-state index contributed by atoms with van der Waals surface area (Å²) in [5.41, 5.74) is 7.00. The van der Waals surface area contributed by atoms with E-state index in [0.717, 1.165) is 0 Å². The second kappa shape index (κ2) is 1.16. The van der Waals surface area contributed by atoms with Crippen molar-refractivity contribution in [2.24, 2.45) is 5.50 Å². The number of hydrogen-bond donors (Lipinski definition) is 2. The van der Waals surface area contributed by atoms with Crippen LogP contribution in [0.4, 0.5) is 0 Å². The molecule has 1 fully saturated rings. The fraction of sp³-hybridized carbons (Fsp3) is 0. The Labute approximate surface area is 30.1 Å². The van der Waals surface area contributed by atoms with Crippen LogP contribution in [0.3, 0.4) is 0 Å². The molecule has 0 aromatic rings.